The Kier molecular flexibility index (Phi) is 8.58. The van der Waals surface area contributed by atoms with Gasteiger partial charge in [0.2, 0.25) is 5.91 Å². The second-order valence-corrected chi connectivity index (χ2v) is 10.7. The Morgan fingerprint density at radius 2 is 1.61 bits per heavy atom. The van der Waals surface area contributed by atoms with Crippen molar-refractivity contribution in [3.05, 3.63) is 70.0 Å². The third-order valence-corrected chi connectivity index (χ3v) is 7.81. The molecular weight excluding hydrogens is 557 g/mol. The van der Waals surface area contributed by atoms with Crippen LogP contribution in [0.15, 0.2) is 36.4 Å². The van der Waals surface area contributed by atoms with E-state index in [1.54, 1.807) is 24.9 Å². The van der Waals surface area contributed by atoms with Crippen molar-refractivity contribution in [1.29, 1.82) is 0 Å². The summed E-state index contributed by atoms with van der Waals surface area (Å²) in [4.78, 5) is 32.3. The summed E-state index contributed by atoms with van der Waals surface area (Å²) in [6.45, 7) is 2.86. The molecule has 0 bridgehead atoms. The third kappa shape index (κ3) is 6.94. The van der Waals surface area contributed by atoms with Gasteiger partial charge in [-0.05, 0) is 66.8 Å². The molecule has 224 valence electrons. The number of urea groups is 1. The van der Waals surface area contributed by atoms with E-state index in [4.69, 9.17) is 0 Å². The Bertz CT molecular complexity index is 1260. The molecule has 2 aromatic carbocycles. The van der Waals surface area contributed by atoms with E-state index in [2.05, 4.69) is 4.90 Å². The van der Waals surface area contributed by atoms with Crippen LogP contribution in [-0.2, 0) is 23.7 Å². The second-order valence-electron chi connectivity index (χ2n) is 10.7. The number of nitrogens with zero attached hydrogens (tertiary/aromatic N) is 4. The number of alkyl halides is 6. The van der Waals surface area contributed by atoms with Gasteiger partial charge in [-0.1, -0.05) is 6.07 Å². The molecule has 0 spiro atoms. The van der Waals surface area contributed by atoms with Crippen LogP contribution in [0.25, 0.3) is 0 Å². The average molecular weight is 589 g/mol. The van der Waals surface area contributed by atoms with Gasteiger partial charge in [-0.3, -0.25) is 9.69 Å². The van der Waals surface area contributed by atoms with E-state index in [9.17, 15) is 40.3 Å². The van der Waals surface area contributed by atoms with Crippen LogP contribution in [0, 0.1) is 12.7 Å². The van der Waals surface area contributed by atoms with E-state index in [1.165, 1.54) is 24.1 Å². The molecule has 41 heavy (non-hydrogen) atoms. The van der Waals surface area contributed by atoms with Crippen LogP contribution in [0.1, 0.15) is 46.7 Å². The van der Waals surface area contributed by atoms with E-state index in [-0.39, 0.29) is 36.7 Å². The van der Waals surface area contributed by atoms with Gasteiger partial charge >= 0.3 is 18.4 Å². The van der Waals surface area contributed by atoms with Gasteiger partial charge in [0.25, 0.3) is 0 Å². The van der Waals surface area contributed by atoms with Crippen molar-refractivity contribution < 1.29 is 40.3 Å². The highest BCUT2D eigenvalue weighted by Gasteiger charge is 2.40. The maximum absolute atomic E-state index is 13.9. The van der Waals surface area contributed by atoms with Crippen LogP contribution in [0.5, 0.6) is 0 Å². The Labute approximate surface area is 233 Å². The summed E-state index contributed by atoms with van der Waals surface area (Å²) >= 11 is 0. The number of carbonyl (C=O) groups is 2. The number of piperidine rings is 1. The molecule has 6 nitrogen and oxygen atoms in total. The second kappa shape index (κ2) is 11.5. The maximum atomic E-state index is 13.9. The lowest BCUT2D eigenvalue weighted by Crippen LogP contribution is -2.56. The molecule has 0 aliphatic carbocycles. The Morgan fingerprint density at radius 1 is 0.976 bits per heavy atom. The van der Waals surface area contributed by atoms with Gasteiger partial charge in [0.1, 0.15) is 5.82 Å². The zero-order chi connectivity index (χ0) is 30.3. The van der Waals surface area contributed by atoms with Crippen LogP contribution in [0.3, 0.4) is 0 Å². The topological polar surface area (TPSA) is 47.1 Å². The van der Waals surface area contributed by atoms with Crippen molar-refractivity contribution in [3.8, 4) is 0 Å². The molecule has 2 fully saturated rings. The van der Waals surface area contributed by atoms with Gasteiger partial charge < -0.3 is 14.7 Å². The average Bonchev–Trinajstić information content (AvgIpc) is 2.88. The SMILES string of the molecule is Cc1cc(F)ccc1[C@H]1C[C@H](N2CCN(C)C(=O)C2)CCN1C(=O)N(C)Cc1cc(C(F)(F)F)cc(C(F)(F)F)c1. The Balaban J connectivity index is 1.60. The molecule has 2 saturated heterocycles. The molecule has 2 heterocycles. The van der Waals surface area contributed by atoms with Gasteiger partial charge in [-0.25, -0.2) is 9.18 Å². The number of carbonyl (C=O) groups excluding carboxylic acids is 2. The number of amides is 3. The number of hydrogen-bond acceptors (Lipinski definition) is 3. The first-order valence-electron chi connectivity index (χ1n) is 13.1. The lowest BCUT2D eigenvalue weighted by atomic mass is 9.88. The fourth-order valence-electron chi connectivity index (χ4n) is 5.57. The molecule has 0 N–H and O–H groups in total. The fourth-order valence-corrected chi connectivity index (χ4v) is 5.57. The standard InChI is InChI=1S/C28H31F7N4O2/c1-17-10-21(29)4-5-23(17)24-14-22(38-9-8-36(2)25(40)16-38)6-7-39(24)26(41)37(3)15-18-11-19(27(30,31)32)13-20(12-18)28(33,34)35/h4-5,10-13,22,24H,6-9,14-16H2,1-3H3/t22-,24-/m1/s1. The van der Waals surface area contributed by atoms with Crippen molar-refractivity contribution in [2.24, 2.45) is 0 Å². The zero-order valence-corrected chi connectivity index (χ0v) is 22.8. The van der Waals surface area contributed by atoms with Crippen LogP contribution in [0.4, 0.5) is 35.5 Å². The van der Waals surface area contributed by atoms with E-state index < -0.39 is 47.9 Å². The fraction of sp³-hybridized carbons (Fsp3) is 0.500. The predicted octanol–water partition coefficient (Wildman–Crippen LogP) is 5.70. The number of likely N-dealkylation sites (tertiary alicyclic amines) is 1. The smallest absolute Gasteiger partial charge is 0.343 e. The highest BCUT2D eigenvalue weighted by molar-refractivity contribution is 5.78. The minimum Gasteiger partial charge on any atom is -0.343 e. The number of likely N-dealkylation sites (N-methyl/N-ethyl adjacent to an activating group) is 1. The largest absolute Gasteiger partial charge is 0.416 e. The monoisotopic (exact) mass is 588 g/mol. The molecular formula is C28H31F7N4O2. The van der Waals surface area contributed by atoms with Crippen molar-refractivity contribution in [2.75, 3.05) is 40.3 Å². The van der Waals surface area contributed by atoms with Crippen LogP contribution >= 0.6 is 0 Å². The minimum absolute atomic E-state index is 0.0247. The zero-order valence-electron chi connectivity index (χ0n) is 22.8. The normalized spacial score (nSPS) is 20.9. The quantitative estimate of drug-likeness (QED) is 0.431. The highest BCUT2D eigenvalue weighted by atomic mass is 19.4. The van der Waals surface area contributed by atoms with E-state index in [0.717, 1.165) is 4.90 Å². The molecule has 13 heteroatoms. The van der Waals surface area contributed by atoms with Gasteiger partial charge in [-0.15, -0.1) is 0 Å². The van der Waals surface area contributed by atoms with Gasteiger partial charge in [0, 0.05) is 46.3 Å². The maximum Gasteiger partial charge on any atom is 0.416 e. The summed E-state index contributed by atoms with van der Waals surface area (Å²) in [5.41, 5.74) is -1.95. The molecule has 0 radical (unpaired) electrons. The molecule has 4 rings (SSSR count). The molecule has 2 aromatic rings. The minimum atomic E-state index is -5.00. The molecule has 2 aliphatic rings. The van der Waals surface area contributed by atoms with Gasteiger partial charge in [0.15, 0.2) is 0 Å². The molecule has 3 amide bonds. The summed E-state index contributed by atoms with van der Waals surface area (Å²) in [6, 6.07) is 4.26. The predicted molar refractivity (Wildman–Crippen MR) is 136 cm³/mol. The number of halogens is 7. The molecule has 2 aliphatic heterocycles. The first-order valence-corrected chi connectivity index (χ1v) is 13.1. The molecule has 0 saturated carbocycles. The van der Waals surface area contributed by atoms with Crippen LogP contribution < -0.4 is 0 Å². The lowest BCUT2D eigenvalue weighted by Gasteiger charge is -2.46. The summed E-state index contributed by atoms with van der Waals surface area (Å²) in [5, 5.41) is 0. The summed E-state index contributed by atoms with van der Waals surface area (Å²) in [7, 11) is 3.04. The van der Waals surface area contributed by atoms with Crippen molar-refractivity contribution in [3.63, 3.8) is 0 Å². The number of aryl methyl sites for hydroxylation is 1. The Morgan fingerprint density at radius 3 is 2.17 bits per heavy atom. The van der Waals surface area contributed by atoms with Crippen LogP contribution in [0.2, 0.25) is 0 Å². The van der Waals surface area contributed by atoms with Crippen molar-refractivity contribution in [1.82, 2.24) is 19.6 Å². The van der Waals surface area contributed by atoms with Crippen molar-refractivity contribution in [2.45, 2.75) is 50.7 Å². The number of hydrogen-bond donors (Lipinski definition) is 0. The Hall–Kier alpha value is -3.35. The lowest BCUT2D eigenvalue weighted by molar-refractivity contribution is -0.143. The molecule has 2 atom stereocenters. The molecule has 0 unspecified atom stereocenters. The van der Waals surface area contributed by atoms with E-state index in [1.807, 2.05) is 0 Å². The highest BCUT2D eigenvalue weighted by Crippen LogP contribution is 2.38. The summed E-state index contributed by atoms with van der Waals surface area (Å²) in [6.07, 6.45) is -9.08. The first-order chi connectivity index (χ1) is 19.0. The van der Waals surface area contributed by atoms with E-state index >= 15 is 0 Å². The summed E-state index contributed by atoms with van der Waals surface area (Å²) in [5.74, 6) is -0.480. The van der Waals surface area contributed by atoms with E-state index in [0.29, 0.717) is 49.2 Å². The summed E-state index contributed by atoms with van der Waals surface area (Å²) < 4.78 is 94.0. The number of piperazine rings is 1. The number of benzene rings is 2. The third-order valence-electron chi connectivity index (χ3n) is 7.81. The first kappa shape index (κ1) is 30.6. The van der Waals surface area contributed by atoms with Gasteiger partial charge in [0.05, 0.1) is 23.7 Å². The molecule has 0 aromatic heterocycles. The van der Waals surface area contributed by atoms with Crippen LogP contribution in [-0.4, -0.2) is 77.9 Å². The van der Waals surface area contributed by atoms with Crippen molar-refractivity contribution >= 4 is 11.9 Å². The number of rotatable bonds is 4. The van der Waals surface area contributed by atoms with Gasteiger partial charge in [-0.2, -0.15) is 26.3 Å².